The van der Waals surface area contributed by atoms with E-state index in [1.54, 1.807) is 7.11 Å². The molecule has 0 saturated carbocycles. The minimum absolute atomic E-state index is 0.344. The molecule has 0 aromatic carbocycles. The van der Waals surface area contributed by atoms with Gasteiger partial charge >= 0.3 is 0 Å². The zero-order chi connectivity index (χ0) is 8.53. The molecule has 1 atom stereocenters. The van der Waals surface area contributed by atoms with Gasteiger partial charge in [0.1, 0.15) is 0 Å². The molecule has 0 aliphatic carbocycles. The second-order valence-electron chi connectivity index (χ2n) is 2.96. The van der Waals surface area contributed by atoms with E-state index in [0.29, 0.717) is 6.10 Å². The van der Waals surface area contributed by atoms with Crippen LogP contribution in [0.4, 0.5) is 0 Å². The van der Waals surface area contributed by atoms with E-state index in [1.165, 1.54) is 19.3 Å². The van der Waals surface area contributed by atoms with Crippen molar-refractivity contribution in [2.75, 3.05) is 20.2 Å². The lowest BCUT2D eigenvalue weighted by atomic mass is 10.2. The summed E-state index contributed by atoms with van der Waals surface area (Å²) in [4.78, 5) is 0. The van der Waals surface area contributed by atoms with Crippen LogP contribution < -0.4 is 5.32 Å². The van der Waals surface area contributed by atoms with Gasteiger partial charge in [0.05, 0.1) is 6.10 Å². The lowest BCUT2D eigenvalue weighted by Gasteiger charge is -2.09. The molecular formula is C9H21NO. The molecule has 0 aliphatic rings. The van der Waals surface area contributed by atoms with E-state index in [-0.39, 0.29) is 0 Å². The molecule has 0 bridgehead atoms. The largest absolute Gasteiger partial charge is 0.380 e. The highest BCUT2D eigenvalue weighted by Gasteiger charge is 1.96. The van der Waals surface area contributed by atoms with Crippen LogP contribution in [-0.2, 0) is 4.74 Å². The van der Waals surface area contributed by atoms with E-state index in [2.05, 4.69) is 19.2 Å². The van der Waals surface area contributed by atoms with Crippen LogP contribution in [0.3, 0.4) is 0 Å². The third kappa shape index (κ3) is 7.82. The van der Waals surface area contributed by atoms with Crippen molar-refractivity contribution in [2.24, 2.45) is 0 Å². The number of hydrogen-bond acceptors (Lipinski definition) is 2. The summed E-state index contributed by atoms with van der Waals surface area (Å²) in [5.41, 5.74) is 0. The molecule has 0 heterocycles. The predicted molar refractivity (Wildman–Crippen MR) is 48.9 cm³/mol. The van der Waals surface area contributed by atoms with Gasteiger partial charge in [-0.3, -0.25) is 0 Å². The Bertz CT molecular complexity index is 76.0. The van der Waals surface area contributed by atoms with Crippen LogP contribution in [0.25, 0.3) is 0 Å². The van der Waals surface area contributed by atoms with E-state index in [4.69, 9.17) is 4.74 Å². The average Bonchev–Trinajstić information content (AvgIpc) is 2.04. The standard InChI is InChI=1S/C9H21NO/c1-4-5-6-7-10-8-9(2)11-3/h9-10H,4-8H2,1-3H3. The maximum atomic E-state index is 5.09. The normalized spacial score (nSPS) is 13.4. The minimum atomic E-state index is 0.344. The van der Waals surface area contributed by atoms with Crippen LogP contribution >= 0.6 is 0 Å². The first-order valence-electron chi connectivity index (χ1n) is 4.54. The van der Waals surface area contributed by atoms with Gasteiger partial charge in [0.25, 0.3) is 0 Å². The fraction of sp³-hybridized carbons (Fsp3) is 1.00. The summed E-state index contributed by atoms with van der Waals surface area (Å²) < 4.78 is 5.09. The number of ether oxygens (including phenoxy) is 1. The number of unbranched alkanes of at least 4 members (excludes halogenated alkanes) is 2. The summed E-state index contributed by atoms with van der Waals surface area (Å²) in [6.45, 7) is 6.40. The first-order valence-corrected chi connectivity index (χ1v) is 4.54. The lowest BCUT2D eigenvalue weighted by Crippen LogP contribution is -2.26. The molecule has 0 aromatic heterocycles. The number of nitrogens with one attached hydrogen (secondary N) is 1. The fourth-order valence-corrected chi connectivity index (χ4v) is 0.889. The van der Waals surface area contributed by atoms with Gasteiger partial charge in [-0.2, -0.15) is 0 Å². The first kappa shape index (κ1) is 10.9. The highest BCUT2D eigenvalue weighted by molar-refractivity contribution is 4.54. The van der Waals surface area contributed by atoms with E-state index in [0.717, 1.165) is 13.1 Å². The van der Waals surface area contributed by atoms with Crippen molar-refractivity contribution in [1.82, 2.24) is 5.32 Å². The Kier molecular flexibility index (Phi) is 7.96. The molecule has 2 nitrogen and oxygen atoms in total. The smallest absolute Gasteiger partial charge is 0.0667 e. The van der Waals surface area contributed by atoms with E-state index >= 15 is 0 Å². The van der Waals surface area contributed by atoms with E-state index in [1.807, 2.05) is 0 Å². The summed E-state index contributed by atoms with van der Waals surface area (Å²) >= 11 is 0. The summed E-state index contributed by atoms with van der Waals surface area (Å²) in [5.74, 6) is 0. The highest BCUT2D eigenvalue weighted by atomic mass is 16.5. The van der Waals surface area contributed by atoms with Crippen molar-refractivity contribution in [3.63, 3.8) is 0 Å². The van der Waals surface area contributed by atoms with Crippen LogP contribution in [0.2, 0.25) is 0 Å². The summed E-state index contributed by atoms with van der Waals surface area (Å²) in [6, 6.07) is 0. The molecule has 0 fully saturated rings. The van der Waals surface area contributed by atoms with Crippen molar-refractivity contribution in [3.8, 4) is 0 Å². The molecule has 11 heavy (non-hydrogen) atoms. The zero-order valence-electron chi connectivity index (χ0n) is 8.02. The Morgan fingerprint density at radius 1 is 1.36 bits per heavy atom. The van der Waals surface area contributed by atoms with Gasteiger partial charge < -0.3 is 10.1 Å². The number of methoxy groups -OCH3 is 1. The second kappa shape index (κ2) is 8.02. The maximum absolute atomic E-state index is 5.09. The lowest BCUT2D eigenvalue weighted by molar-refractivity contribution is 0.117. The molecule has 1 unspecified atom stereocenters. The van der Waals surface area contributed by atoms with Gasteiger partial charge in [0, 0.05) is 13.7 Å². The monoisotopic (exact) mass is 159 g/mol. The average molecular weight is 159 g/mol. The van der Waals surface area contributed by atoms with Crippen molar-refractivity contribution in [1.29, 1.82) is 0 Å². The molecule has 68 valence electrons. The summed E-state index contributed by atoms with van der Waals surface area (Å²) in [7, 11) is 1.75. The van der Waals surface area contributed by atoms with Gasteiger partial charge in [0.15, 0.2) is 0 Å². The minimum Gasteiger partial charge on any atom is -0.380 e. The fourth-order valence-electron chi connectivity index (χ4n) is 0.889. The van der Waals surface area contributed by atoms with Gasteiger partial charge in [0.2, 0.25) is 0 Å². The Morgan fingerprint density at radius 2 is 2.09 bits per heavy atom. The summed E-state index contributed by atoms with van der Waals surface area (Å²) in [5, 5.41) is 3.35. The number of rotatable bonds is 7. The van der Waals surface area contributed by atoms with Crippen molar-refractivity contribution < 1.29 is 4.74 Å². The Labute approximate surface area is 70.3 Å². The topological polar surface area (TPSA) is 21.3 Å². The van der Waals surface area contributed by atoms with E-state index < -0.39 is 0 Å². The summed E-state index contributed by atoms with van der Waals surface area (Å²) in [6.07, 6.45) is 4.25. The Hall–Kier alpha value is -0.0800. The van der Waals surface area contributed by atoms with Gasteiger partial charge in [-0.25, -0.2) is 0 Å². The van der Waals surface area contributed by atoms with Crippen LogP contribution in [-0.4, -0.2) is 26.3 Å². The molecule has 0 aliphatic heterocycles. The van der Waals surface area contributed by atoms with Gasteiger partial charge in [-0.15, -0.1) is 0 Å². The molecule has 0 saturated heterocycles. The third-order valence-corrected chi connectivity index (χ3v) is 1.79. The van der Waals surface area contributed by atoms with Crippen LogP contribution in [0.5, 0.6) is 0 Å². The molecule has 0 rings (SSSR count). The van der Waals surface area contributed by atoms with Gasteiger partial charge in [-0.05, 0) is 19.9 Å². The first-order chi connectivity index (χ1) is 5.31. The van der Waals surface area contributed by atoms with Gasteiger partial charge in [-0.1, -0.05) is 19.8 Å². The number of hydrogen-bond donors (Lipinski definition) is 1. The molecule has 0 spiro atoms. The molecule has 0 aromatic rings. The Morgan fingerprint density at radius 3 is 2.64 bits per heavy atom. The Balaban J connectivity index is 2.89. The second-order valence-corrected chi connectivity index (χ2v) is 2.96. The SMILES string of the molecule is CCCCCNCC(C)OC. The zero-order valence-corrected chi connectivity index (χ0v) is 8.02. The molecule has 0 radical (unpaired) electrons. The van der Waals surface area contributed by atoms with Crippen LogP contribution in [0, 0.1) is 0 Å². The van der Waals surface area contributed by atoms with E-state index in [9.17, 15) is 0 Å². The van der Waals surface area contributed by atoms with Crippen molar-refractivity contribution in [2.45, 2.75) is 39.2 Å². The quantitative estimate of drug-likeness (QED) is 0.572. The molecule has 2 heteroatoms. The predicted octanol–water partition coefficient (Wildman–Crippen LogP) is 1.80. The van der Waals surface area contributed by atoms with Crippen LogP contribution in [0.15, 0.2) is 0 Å². The molecule has 0 amide bonds. The van der Waals surface area contributed by atoms with Crippen molar-refractivity contribution in [3.05, 3.63) is 0 Å². The maximum Gasteiger partial charge on any atom is 0.0667 e. The highest BCUT2D eigenvalue weighted by Crippen LogP contribution is 1.91. The molecular weight excluding hydrogens is 138 g/mol. The third-order valence-electron chi connectivity index (χ3n) is 1.79. The molecule has 1 N–H and O–H groups in total. The van der Waals surface area contributed by atoms with Crippen molar-refractivity contribution >= 4 is 0 Å². The van der Waals surface area contributed by atoms with Crippen LogP contribution in [0.1, 0.15) is 33.1 Å².